The summed E-state index contributed by atoms with van der Waals surface area (Å²) in [4.78, 5) is 70.6. The van der Waals surface area contributed by atoms with Crippen molar-refractivity contribution in [2.75, 3.05) is 12.3 Å². The van der Waals surface area contributed by atoms with Gasteiger partial charge in [0.1, 0.15) is 5.78 Å². The molecule has 1 saturated heterocycles. The van der Waals surface area contributed by atoms with E-state index in [-0.39, 0.29) is 83.9 Å². The Morgan fingerprint density at radius 1 is 1.04 bits per heavy atom. The van der Waals surface area contributed by atoms with E-state index in [0.717, 1.165) is 19.3 Å². The van der Waals surface area contributed by atoms with Crippen LogP contribution in [0, 0.1) is 52.3 Å². The Hall–Kier alpha value is -3.38. The second-order valence-corrected chi connectivity index (χ2v) is 19.1. The summed E-state index contributed by atoms with van der Waals surface area (Å²) < 4.78 is 27.1. The largest absolute Gasteiger partial charge is 0.332 e. The molecule has 9 heteroatoms. The molecule has 1 aromatic rings. The molecule has 2 aliphatic carbocycles. The molecular formula is C42H57NO7S. The van der Waals surface area contributed by atoms with Crippen molar-refractivity contribution in [3.63, 3.8) is 0 Å². The highest BCUT2D eigenvalue weighted by Gasteiger charge is 2.69. The molecule has 4 rings (SSSR count). The minimum Gasteiger partial charge on any atom is -0.332 e. The van der Waals surface area contributed by atoms with Gasteiger partial charge in [0.15, 0.2) is 21.4 Å². The molecule has 5 atom stereocenters. The molecule has 0 bridgehead atoms. The van der Waals surface area contributed by atoms with E-state index in [1.165, 1.54) is 0 Å². The average Bonchev–Trinajstić information content (AvgIpc) is 3.38. The Labute approximate surface area is 305 Å². The summed E-state index contributed by atoms with van der Waals surface area (Å²) in [6.45, 7) is 13.9. The first-order valence-electron chi connectivity index (χ1n) is 18.6. The van der Waals surface area contributed by atoms with Crippen molar-refractivity contribution in [2.45, 2.75) is 123 Å². The third-order valence-electron chi connectivity index (χ3n) is 12.0. The van der Waals surface area contributed by atoms with E-state index in [2.05, 4.69) is 26.3 Å². The molecule has 3 fully saturated rings. The SMILES string of the molecule is C#CCCC(CC(=O)[C@@H]1[C@@H]2C(CN1C(=O)[C@@H](CC(=O)CC1(CS(=O)(=O)c3ccccc3)CCCCC1)C(C)(C)C)C2(C)C)C(=O)C(=O)CCC=C. The molecule has 0 spiro atoms. The van der Waals surface area contributed by atoms with Crippen LogP contribution in [0.15, 0.2) is 47.9 Å². The zero-order valence-corrected chi connectivity index (χ0v) is 32.1. The van der Waals surface area contributed by atoms with Crippen molar-refractivity contribution >= 4 is 38.9 Å². The number of hydrogen-bond acceptors (Lipinski definition) is 7. The Kier molecular flexibility index (Phi) is 12.8. The van der Waals surface area contributed by atoms with Gasteiger partial charge in [-0.05, 0) is 65.9 Å². The normalized spacial score (nSPS) is 23.3. The first-order valence-corrected chi connectivity index (χ1v) is 20.3. The third kappa shape index (κ3) is 9.35. The number of carbonyl (C=O) groups excluding carboxylic acids is 5. The van der Waals surface area contributed by atoms with Crippen LogP contribution in [0.3, 0.4) is 0 Å². The van der Waals surface area contributed by atoms with Crippen LogP contribution in [0.4, 0.5) is 0 Å². The number of rotatable bonds is 18. The van der Waals surface area contributed by atoms with Crippen LogP contribution < -0.4 is 0 Å². The zero-order chi connectivity index (χ0) is 37.8. The Bertz CT molecular complexity index is 1640. The number of fused-ring (bicyclic) bond motifs is 1. The number of allylic oxidation sites excluding steroid dienone is 1. The van der Waals surface area contributed by atoms with Crippen LogP contribution in [0.2, 0.25) is 0 Å². The molecule has 2 saturated carbocycles. The summed E-state index contributed by atoms with van der Waals surface area (Å²) >= 11 is 0. The van der Waals surface area contributed by atoms with Crippen LogP contribution >= 0.6 is 0 Å². The predicted molar refractivity (Wildman–Crippen MR) is 198 cm³/mol. The maximum absolute atomic E-state index is 14.6. The van der Waals surface area contributed by atoms with Gasteiger partial charge in [0.25, 0.3) is 0 Å². The third-order valence-corrected chi connectivity index (χ3v) is 14.0. The molecule has 278 valence electrons. The van der Waals surface area contributed by atoms with Crippen LogP contribution in [-0.2, 0) is 33.8 Å². The number of hydrogen-bond donors (Lipinski definition) is 0. The number of piperidine rings is 1. The molecule has 1 aromatic carbocycles. The van der Waals surface area contributed by atoms with Crippen molar-refractivity contribution in [3.8, 4) is 12.3 Å². The van der Waals surface area contributed by atoms with Crippen LogP contribution in [0.25, 0.3) is 0 Å². The smallest absolute Gasteiger partial charge is 0.227 e. The van der Waals surface area contributed by atoms with Gasteiger partial charge in [0, 0.05) is 50.5 Å². The highest BCUT2D eigenvalue weighted by Crippen LogP contribution is 2.65. The van der Waals surface area contributed by atoms with Crippen LogP contribution in [0.5, 0.6) is 0 Å². The van der Waals surface area contributed by atoms with E-state index < -0.39 is 50.1 Å². The number of Topliss-reactive ketones (excluding diaryl/α,β-unsaturated/α-hetero) is 4. The van der Waals surface area contributed by atoms with E-state index in [9.17, 15) is 32.4 Å². The first-order chi connectivity index (χ1) is 23.9. The van der Waals surface area contributed by atoms with E-state index >= 15 is 0 Å². The van der Waals surface area contributed by atoms with Crippen molar-refractivity contribution in [1.82, 2.24) is 4.90 Å². The molecule has 51 heavy (non-hydrogen) atoms. The lowest BCUT2D eigenvalue weighted by Crippen LogP contribution is -2.51. The zero-order valence-electron chi connectivity index (χ0n) is 31.2. The lowest BCUT2D eigenvalue weighted by atomic mass is 9.70. The maximum Gasteiger partial charge on any atom is 0.227 e. The number of nitrogens with zero attached hydrogens (tertiary/aromatic N) is 1. The number of benzene rings is 1. The fourth-order valence-electron chi connectivity index (χ4n) is 8.88. The van der Waals surface area contributed by atoms with Crippen LogP contribution in [0.1, 0.15) is 112 Å². The first kappa shape index (κ1) is 40.4. The van der Waals surface area contributed by atoms with E-state index in [1.54, 1.807) is 41.3 Å². The molecule has 0 aromatic heterocycles. The quantitative estimate of drug-likeness (QED) is 0.0910. The summed E-state index contributed by atoms with van der Waals surface area (Å²) in [5.74, 6) is -0.968. The topological polar surface area (TPSA) is 123 Å². The highest BCUT2D eigenvalue weighted by molar-refractivity contribution is 7.91. The van der Waals surface area contributed by atoms with Gasteiger partial charge in [-0.25, -0.2) is 8.42 Å². The fraction of sp³-hybridized carbons (Fsp3) is 0.643. The van der Waals surface area contributed by atoms with Gasteiger partial charge in [0.05, 0.1) is 16.7 Å². The van der Waals surface area contributed by atoms with Crippen molar-refractivity contribution in [1.29, 1.82) is 0 Å². The van der Waals surface area contributed by atoms with E-state index in [4.69, 9.17) is 6.42 Å². The molecule has 0 radical (unpaired) electrons. The molecule has 1 amide bonds. The van der Waals surface area contributed by atoms with Gasteiger partial charge in [-0.2, -0.15) is 0 Å². The monoisotopic (exact) mass is 719 g/mol. The number of carbonyl (C=O) groups is 5. The van der Waals surface area contributed by atoms with Gasteiger partial charge in [-0.15, -0.1) is 18.9 Å². The molecule has 2 unspecified atom stereocenters. The highest BCUT2D eigenvalue weighted by atomic mass is 32.2. The van der Waals surface area contributed by atoms with Gasteiger partial charge in [-0.1, -0.05) is 78.2 Å². The van der Waals surface area contributed by atoms with Gasteiger partial charge in [0.2, 0.25) is 11.7 Å². The Morgan fingerprint density at radius 2 is 1.69 bits per heavy atom. The Morgan fingerprint density at radius 3 is 2.27 bits per heavy atom. The van der Waals surface area contributed by atoms with Gasteiger partial charge >= 0.3 is 0 Å². The lowest BCUT2D eigenvalue weighted by Gasteiger charge is -2.39. The number of ketones is 4. The molecule has 3 aliphatic rings. The van der Waals surface area contributed by atoms with E-state index in [0.29, 0.717) is 25.8 Å². The molecule has 0 N–H and O–H groups in total. The molecule has 1 heterocycles. The van der Waals surface area contributed by atoms with Gasteiger partial charge < -0.3 is 4.90 Å². The number of sulfone groups is 1. The fourth-order valence-corrected chi connectivity index (χ4v) is 10.8. The van der Waals surface area contributed by atoms with Crippen molar-refractivity contribution in [2.24, 2.45) is 39.9 Å². The standard InChI is InChI=1S/C42H57NO7S/c1-8-10-18-29(38(47)34(45)21-11-9-2)24-35(46)37-36-33(41(36,6)7)27-43(37)39(48)32(40(3,4)5)25-30(44)26-42(22-16-13-17-23-42)28-51(49,50)31-19-14-12-15-20-31/h1,9,12,14-15,19-20,29,32-33,36-37H,2,10-11,13,16-18,21-28H2,3-7H3/t29?,32-,33?,36+,37-/m1/s1. The minimum absolute atomic E-state index is 0.0234. The average molecular weight is 720 g/mol. The summed E-state index contributed by atoms with van der Waals surface area (Å²) in [6, 6.07) is 7.60. The minimum atomic E-state index is -3.64. The second-order valence-electron chi connectivity index (χ2n) is 17.1. The Balaban J connectivity index is 1.56. The van der Waals surface area contributed by atoms with Crippen molar-refractivity contribution < 1.29 is 32.4 Å². The van der Waals surface area contributed by atoms with E-state index in [1.807, 2.05) is 20.8 Å². The molecular weight excluding hydrogens is 663 g/mol. The van der Waals surface area contributed by atoms with Crippen molar-refractivity contribution in [3.05, 3.63) is 43.0 Å². The maximum atomic E-state index is 14.6. The summed E-state index contributed by atoms with van der Waals surface area (Å²) in [5.41, 5.74) is -1.49. The van der Waals surface area contributed by atoms with Gasteiger partial charge in [-0.3, -0.25) is 24.0 Å². The van der Waals surface area contributed by atoms with Crippen LogP contribution in [-0.4, -0.2) is 60.7 Å². The lowest BCUT2D eigenvalue weighted by molar-refractivity contribution is -0.148. The predicted octanol–water partition coefficient (Wildman–Crippen LogP) is 7.00. The second kappa shape index (κ2) is 16.1. The number of likely N-dealkylation sites (tertiary alicyclic amines) is 1. The number of amides is 1. The summed E-state index contributed by atoms with van der Waals surface area (Å²) in [6.07, 6.45) is 11.7. The summed E-state index contributed by atoms with van der Waals surface area (Å²) in [5, 5.41) is 0. The number of terminal acetylenes is 1. The summed E-state index contributed by atoms with van der Waals surface area (Å²) in [7, 11) is -3.64. The molecule has 8 nitrogen and oxygen atoms in total. The molecule has 1 aliphatic heterocycles.